The molecule has 0 radical (unpaired) electrons. The lowest BCUT2D eigenvalue weighted by Gasteiger charge is -2.34. The number of aromatic nitrogens is 1. The van der Waals surface area contributed by atoms with Crippen molar-refractivity contribution in [2.75, 3.05) is 33.4 Å². The summed E-state index contributed by atoms with van der Waals surface area (Å²) in [6.45, 7) is 5.92. The Morgan fingerprint density at radius 2 is 2.44 bits per heavy atom. The maximum absolute atomic E-state index is 12.5. The third-order valence-corrected chi connectivity index (χ3v) is 3.35. The van der Waals surface area contributed by atoms with Gasteiger partial charge in [-0.2, -0.15) is 0 Å². The van der Waals surface area contributed by atoms with Crippen LogP contribution in [0.2, 0.25) is 0 Å². The monoisotopic (exact) mass is 251 g/mol. The van der Waals surface area contributed by atoms with Gasteiger partial charge in [-0.25, -0.2) is 0 Å². The number of nitrogens with one attached hydrogen (secondary N) is 1. The first-order chi connectivity index (χ1) is 8.74. The van der Waals surface area contributed by atoms with Gasteiger partial charge in [-0.15, -0.1) is 0 Å². The van der Waals surface area contributed by atoms with Gasteiger partial charge in [-0.1, -0.05) is 0 Å². The van der Waals surface area contributed by atoms with Gasteiger partial charge in [0.1, 0.15) is 5.69 Å². The van der Waals surface area contributed by atoms with Crippen molar-refractivity contribution in [1.82, 2.24) is 14.8 Å². The van der Waals surface area contributed by atoms with E-state index in [9.17, 15) is 4.79 Å². The molecule has 1 atom stereocenters. The summed E-state index contributed by atoms with van der Waals surface area (Å²) in [7, 11) is 1.67. The van der Waals surface area contributed by atoms with Crippen LogP contribution >= 0.6 is 0 Å². The van der Waals surface area contributed by atoms with Crippen LogP contribution in [0.3, 0.4) is 0 Å². The Kier molecular flexibility index (Phi) is 4.38. The molecule has 1 fully saturated rings. The lowest BCUT2D eigenvalue weighted by molar-refractivity contribution is 0.0642. The standard InChI is InChI=1S/C13H21N3O2/c1-11-10-14-5-7-16(11)13(17)12-4-3-6-15(12)8-9-18-2/h3-4,6,11,14H,5,7-10H2,1-2H3. The topological polar surface area (TPSA) is 46.5 Å². The van der Waals surface area contributed by atoms with Crippen molar-refractivity contribution in [2.45, 2.75) is 19.5 Å². The molecular weight excluding hydrogens is 230 g/mol. The van der Waals surface area contributed by atoms with E-state index in [1.54, 1.807) is 7.11 Å². The van der Waals surface area contributed by atoms with E-state index in [-0.39, 0.29) is 11.9 Å². The molecule has 5 nitrogen and oxygen atoms in total. The smallest absolute Gasteiger partial charge is 0.270 e. The number of rotatable bonds is 4. The molecule has 1 aliphatic rings. The van der Waals surface area contributed by atoms with Crippen LogP contribution in [0.15, 0.2) is 18.3 Å². The van der Waals surface area contributed by atoms with Crippen LogP contribution in [0.25, 0.3) is 0 Å². The van der Waals surface area contributed by atoms with E-state index in [1.165, 1.54) is 0 Å². The fraction of sp³-hybridized carbons (Fsp3) is 0.615. The van der Waals surface area contributed by atoms with Crippen molar-refractivity contribution >= 4 is 5.91 Å². The minimum Gasteiger partial charge on any atom is -0.383 e. The second-order valence-corrected chi connectivity index (χ2v) is 4.63. The molecule has 1 aromatic heterocycles. The number of amides is 1. The summed E-state index contributed by atoms with van der Waals surface area (Å²) >= 11 is 0. The molecule has 0 bridgehead atoms. The summed E-state index contributed by atoms with van der Waals surface area (Å²) < 4.78 is 7.02. The average molecular weight is 251 g/mol. The van der Waals surface area contributed by atoms with Gasteiger partial charge in [0, 0.05) is 45.5 Å². The van der Waals surface area contributed by atoms with Crippen molar-refractivity contribution in [2.24, 2.45) is 0 Å². The first-order valence-electron chi connectivity index (χ1n) is 6.40. The number of piperazine rings is 1. The Morgan fingerprint density at radius 1 is 1.61 bits per heavy atom. The van der Waals surface area contributed by atoms with Crippen molar-refractivity contribution in [3.8, 4) is 0 Å². The average Bonchev–Trinajstić information content (AvgIpc) is 2.84. The zero-order valence-corrected chi connectivity index (χ0v) is 11.1. The highest BCUT2D eigenvalue weighted by molar-refractivity contribution is 5.93. The fourth-order valence-corrected chi connectivity index (χ4v) is 2.28. The summed E-state index contributed by atoms with van der Waals surface area (Å²) in [5, 5.41) is 3.29. The Morgan fingerprint density at radius 3 is 3.17 bits per heavy atom. The molecule has 100 valence electrons. The van der Waals surface area contributed by atoms with Crippen LogP contribution in [0, 0.1) is 0 Å². The van der Waals surface area contributed by atoms with Gasteiger partial charge < -0.3 is 19.5 Å². The van der Waals surface area contributed by atoms with Crippen molar-refractivity contribution in [1.29, 1.82) is 0 Å². The first kappa shape index (κ1) is 13.1. The molecule has 1 saturated heterocycles. The lowest BCUT2D eigenvalue weighted by Crippen LogP contribution is -2.52. The molecule has 2 rings (SSSR count). The molecule has 0 spiro atoms. The highest BCUT2D eigenvalue weighted by Crippen LogP contribution is 2.11. The van der Waals surface area contributed by atoms with Gasteiger partial charge in [0.25, 0.3) is 5.91 Å². The number of nitrogens with zero attached hydrogens (tertiary/aromatic N) is 2. The van der Waals surface area contributed by atoms with Crippen LogP contribution < -0.4 is 5.32 Å². The van der Waals surface area contributed by atoms with Crippen LogP contribution in [0.5, 0.6) is 0 Å². The highest BCUT2D eigenvalue weighted by Gasteiger charge is 2.25. The molecule has 1 N–H and O–H groups in total. The normalized spacial score (nSPS) is 20.1. The number of carbonyl (C=O) groups excluding carboxylic acids is 1. The molecule has 1 aromatic rings. The molecule has 1 amide bonds. The minimum absolute atomic E-state index is 0.116. The van der Waals surface area contributed by atoms with E-state index in [0.29, 0.717) is 13.2 Å². The molecule has 1 unspecified atom stereocenters. The molecule has 5 heteroatoms. The highest BCUT2D eigenvalue weighted by atomic mass is 16.5. The molecule has 0 aliphatic carbocycles. The van der Waals surface area contributed by atoms with Gasteiger partial charge in [0.15, 0.2) is 0 Å². The maximum atomic E-state index is 12.5. The minimum atomic E-state index is 0.116. The van der Waals surface area contributed by atoms with Crippen LogP contribution in [0.1, 0.15) is 17.4 Å². The van der Waals surface area contributed by atoms with Crippen molar-refractivity contribution in [3.05, 3.63) is 24.0 Å². The van der Waals surface area contributed by atoms with E-state index in [2.05, 4.69) is 12.2 Å². The van der Waals surface area contributed by atoms with Crippen LogP contribution in [-0.2, 0) is 11.3 Å². The van der Waals surface area contributed by atoms with Gasteiger partial charge in [0.05, 0.1) is 6.61 Å². The summed E-state index contributed by atoms with van der Waals surface area (Å²) in [4.78, 5) is 14.4. The third kappa shape index (κ3) is 2.73. The quantitative estimate of drug-likeness (QED) is 0.851. The second kappa shape index (κ2) is 6.02. The van der Waals surface area contributed by atoms with E-state index in [1.807, 2.05) is 27.8 Å². The molecule has 0 saturated carbocycles. The van der Waals surface area contributed by atoms with Crippen LogP contribution in [0.4, 0.5) is 0 Å². The van der Waals surface area contributed by atoms with E-state index >= 15 is 0 Å². The molecular formula is C13H21N3O2. The van der Waals surface area contributed by atoms with Crippen LogP contribution in [-0.4, -0.2) is 54.8 Å². The van der Waals surface area contributed by atoms with Gasteiger partial charge in [-0.3, -0.25) is 4.79 Å². The van der Waals surface area contributed by atoms with Gasteiger partial charge in [-0.05, 0) is 19.1 Å². The van der Waals surface area contributed by atoms with E-state index < -0.39 is 0 Å². The zero-order chi connectivity index (χ0) is 13.0. The van der Waals surface area contributed by atoms with E-state index in [0.717, 1.165) is 25.3 Å². The SMILES string of the molecule is COCCn1cccc1C(=O)N1CCNCC1C. The first-order valence-corrected chi connectivity index (χ1v) is 6.40. The number of carbonyl (C=O) groups is 1. The second-order valence-electron chi connectivity index (χ2n) is 4.63. The van der Waals surface area contributed by atoms with Gasteiger partial charge in [0.2, 0.25) is 0 Å². The molecule has 18 heavy (non-hydrogen) atoms. The van der Waals surface area contributed by atoms with Gasteiger partial charge >= 0.3 is 0 Å². The molecule has 0 aromatic carbocycles. The summed E-state index contributed by atoms with van der Waals surface area (Å²) in [6.07, 6.45) is 1.93. The number of hydrogen-bond donors (Lipinski definition) is 1. The Bertz CT molecular complexity index is 403. The zero-order valence-electron chi connectivity index (χ0n) is 11.1. The fourth-order valence-electron chi connectivity index (χ4n) is 2.28. The summed E-state index contributed by atoms with van der Waals surface area (Å²) in [5.41, 5.74) is 0.751. The Hall–Kier alpha value is -1.33. The molecule has 2 heterocycles. The summed E-state index contributed by atoms with van der Waals surface area (Å²) in [6, 6.07) is 4.04. The number of hydrogen-bond acceptors (Lipinski definition) is 3. The summed E-state index contributed by atoms with van der Waals surface area (Å²) in [5.74, 6) is 0.116. The molecule has 1 aliphatic heterocycles. The van der Waals surface area contributed by atoms with Crippen molar-refractivity contribution < 1.29 is 9.53 Å². The predicted octanol–water partition coefficient (Wildman–Crippen LogP) is 0.568. The third-order valence-electron chi connectivity index (χ3n) is 3.35. The van der Waals surface area contributed by atoms with E-state index in [4.69, 9.17) is 4.74 Å². The lowest BCUT2D eigenvalue weighted by atomic mass is 10.2. The Balaban J connectivity index is 2.10. The van der Waals surface area contributed by atoms with Crippen molar-refractivity contribution in [3.63, 3.8) is 0 Å². The number of ether oxygens (including phenoxy) is 1. The number of methoxy groups -OCH3 is 1. The Labute approximate surface area is 108 Å². The maximum Gasteiger partial charge on any atom is 0.270 e. The largest absolute Gasteiger partial charge is 0.383 e. The predicted molar refractivity (Wildman–Crippen MR) is 69.7 cm³/mol.